The molecule has 114 valence electrons. The van der Waals surface area contributed by atoms with Crippen molar-refractivity contribution in [3.63, 3.8) is 0 Å². The van der Waals surface area contributed by atoms with Gasteiger partial charge in [0.15, 0.2) is 6.29 Å². The summed E-state index contributed by atoms with van der Waals surface area (Å²) in [6, 6.07) is 18.0. The molecule has 0 aliphatic heterocycles. The van der Waals surface area contributed by atoms with Crippen molar-refractivity contribution in [1.82, 2.24) is 0 Å². The van der Waals surface area contributed by atoms with E-state index >= 15 is 0 Å². The molecule has 4 nitrogen and oxygen atoms in total. The largest absolute Gasteiger partial charge is 0.380 e. The Bertz CT molecular complexity index is 496. The number of para-hydroxylation sites is 1. The topological polar surface area (TPSA) is 55.7 Å². The van der Waals surface area contributed by atoms with Crippen molar-refractivity contribution in [3.05, 3.63) is 60.2 Å². The quantitative estimate of drug-likeness (QED) is 0.757. The Morgan fingerprint density at radius 3 is 1.95 bits per heavy atom. The van der Waals surface area contributed by atoms with E-state index in [4.69, 9.17) is 10.2 Å². The highest BCUT2D eigenvalue weighted by atomic mass is 16.5. The van der Waals surface area contributed by atoms with E-state index in [1.54, 1.807) is 0 Å². The number of hydrogen-bond acceptors (Lipinski definition) is 4. The summed E-state index contributed by atoms with van der Waals surface area (Å²) < 4.78 is 0. The van der Waals surface area contributed by atoms with Gasteiger partial charge in [0.25, 0.3) is 0 Å². The van der Waals surface area contributed by atoms with E-state index < -0.39 is 6.29 Å². The van der Waals surface area contributed by atoms with Crippen molar-refractivity contribution < 1.29 is 10.2 Å². The van der Waals surface area contributed by atoms with Crippen LogP contribution in [0.4, 0.5) is 11.4 Å². The van der Waals surface area contributed by atoms with Gasteiger partial charge in [0, 0.05) is 25.5 Å². The van der Waals surface area contributed by atoms with Crippen LogP contribution in [-0.2, 0) is 0 Å². The molecule has 0 amide bonds. The molecule has 0 unspecified atom stereocenters. The summed E-state index contributed by atoms with van der Waals surface area (Å²) in [4.78, 5) is 2.08. The summed E-state index contributed by atoms with van der Waals surface area (Å²) in [6.07, 6.45) is -1.30. The van der Waals surface area contributed by atoms with Gasteiger partial charge in [0.1, 0.15) is 0 Å². The Morgan fingerprint density at radius 1 is 0.952 bits per heavy atom. The second-order valence-electron chi connectivity index (χ2n) is 4.96. The summed E-state index contributed by atoms with van der Waals surface area (Å²) in [7, 11) is 4.07. The lowest BCUT2D eigenvalue weighted by Gasteiger charge is -2.10. The van der Waals surface area contributed by atoms with E-state index in [2.05, 4.69) is 22.3 Å². The van der Waals surface area contributed by atoms with E-state index in [9.17, 15) is 0 Å². The van der Waals surface area contributed by atoms with E-state index in [0.29, 0.717) is 0 Å². The molecular weight excluding hydrogens is 264 g/mol. The van der Waals surface area contributed by atoms with Crippen LogP contribution in [0.5, 0.6) is 0 Å². The summed E-state index contributed by atoms with van der Waals surface area (Å²) >= 11 is 0. The smallest absolute Gasteiger partial charge is 0.169 e. The monoisotopic (exact) mass is 288 g/mol. The first kappa shape index (κ1) is 17.0. The molecule has 2 aromatic carbocycles. The maximum absolute atomic E-state index is 8.56. The van der Waals surface area contributed by atoms with Gasteiger partial charge in [-0.3, -0.25) is 0 Å². The molecule has 0 spiro atoms. The maximum atomic E-state index is 8.56. The summed E-state index contributed by atoms with van der Waals surface area (Å²) in [5, 5.41) is 20.0. The Hall–Kier alpha value is -2.04. The number of aliphatic hydroxyl groups is 2. The van der Waals surface area contributed by atoms with Gasteiger partial charge >= 0.3 is 0 Å². The highest BCUT2D eigenvalue weighted by molar-refractivity contribution is 5.44. The van der Waals surface area contributed by atoms with Gasteiger partial charge in [-0.1, -0.05) is 35.9 Å². The van der Waals surface area contributed by atoms with Crippen LogP contribution in [0.15, 0.2) is 54.6 Å². The molecule has 0 radical (unpaired) electrons. The summed E-state index contributed by atoms with van der Waals surface area (Å²) in [6.45, 7) is 2.16. The number of nitrogens with zero attached hydrogens (tertiary/aromatic N) is 1. The molecule has 2 rings (SSSR count). The fourth-order valence-electron chi connectivity index (χ4n) is 1.61. The molecule has 0 aromatic heterocycles. The molecule has 0 fully saturated rings. The predicted molar refractivity (Wildman–Crippen MR) is 88.7 cm³/mol. The van der Waals surface area contributed by atoms with Gasteiger partial charge in [-0.15, -0.1) is 0 Å². The lowest BCUT2D eigenvalue weighted by molar-refractivity contribution is -0.0275. The molecule has 0 bridgehead atoms. The van der Waals surface area contributed by atoms with Crippen LogP contribution in [0.2, 0.25) is 0 Å². The van der Waals surface area contributed by atoms with E-state index in [1.807, 2.05) is 63.5 Å². The van der Waals surface area contributed by atoms with Crippen LogP contribution in [0.1, 0.15) is 5.56 Å². The molecule has 4 heteroatoms. The summed E-state index contributed by atoms with van der Waals surface area (Å²) in [5.74, 6) is 0. The Kier molecular flexibility index (Phi) is 7.29. The molecule has 3 N–H and O–H groups in total. The molecular formula is C17H24N2O2. The fraction of sp³-hybridized carbons (Fsp3) is 0.294. The molecule has 2 aromatic rings. The van der Waals surface area contributed by atoms with Crippen LogP contribution >= 0.6 is 0 Å². The number of rotatable bonds is 4. The second kappa shape index (κ2) is 9.00. The van der Waals surface area contributed by atoms with E-state index in [1.165, 1.54) is 11.3 Å². The van der Waals surface area contributed by atoms with Gasteiger partial charge in [-0.25, -0.2) is 0 Å². The van der Waals surface area contributed by atoms with Gasteiger partial charge in [-0.2, -0.15) is 0 Å². The predicted octanol–water partition coefficient (Wildman–Crippen LogP) is 2.47. The highest BCUT2D eigenvalue weighted by Gasteiger charge is 1.95. The van der Waals surface area contributed by atoms with Crippen LogP contribution in [0.3, 0.4) is 0 Å². The van der Waals surface area contributed by atoms with Crippen LogP contribution in [0, 0.1) is 6.92 Å². The minimum absolute atomic E-state index is 0.156. The zero-order valence-corrected chi connectivity index (χ0v) is 12.8. The van der Waals surface area contributed by atoms with Crippen molar-refractivity contribution in [1.29, 1.82) is 0 Å². The van der Waals surface area contributed by atoms with E-state index in [0.717, 1.165) is 5.69 Å². The third kappa shape index (κ3) is 7.34. The standard InChI is InChI=1S/C9H13NO2.C8H11N/c1-7-2-4-8(5-3-7)10-6-9(11)12;1-9(2)8-6-4-3-5-7-8/h2-5,9-12H,6H2,1H3;3-7H,1-2H3. The number of hydrogen-bond donors (Lipinski definition) is 3. The lowest BCUT2D eigenvalue weighted by Crippen LogP contribution is -2.18. The maximum Gasteiger partial charge on any atom is 0.169 e. The van der Waals surface area contributed by atoms with Gasteiger partial charge in [0.05, 0.1) is 6.54 Å². The third-order valence-corrected chi connectivity index (χ3v) is 2.81. The average molecular weight is 288 g/mol. The SMILES string of the molecule is CN(C)c1ccccc1.Cc1ccc(NCC(O)O)cc1. The van der Waals surface area contributed by atoms with Crippen LogP contribution < -0.4 is 10.2 Å². The first-order chi connectivity index (χ1) is 9.99. The minimum Gasteiger partial charge on any atom is -0.380 e. The molecule has 0 aliphatic rings. The zero-order valence-electron chi connectivity index (χ0n) is 12.8. The van der Waals surface area contributed by atoms with Crippen molar-refractivity contribution >= 4 is 11.4 Å². The molecule has 0 atom stereocenters. The molecule has 21 heavy (non-hydrogen) atoms. The Morgan fingerprint density at radius 2 is 1.52 bits per heavy atom. The second-order valence-corrected chi connectivity index (χ2v) is 4.96. The molecule has 0 heterocycles. The summed E-state index contributed by atoms with van der Waals surface area (Å²) in [5.41, 5.74) is 3.33. The van der Waals surface area contributed by atoms with Crippen LogP contribution in [0.25, 0.3) is 0 Å². The minimum atomic E-state index is -1.30. The number of benzene rings is 2. The number of aryl methyl sites for hydroxylation is 1. The Balaban J connectivity index is 0.000000219. The van der Waals surface area contributed by atoms with Crippen LogP contribution in [-0.4, -0.2) is 37.1 Å². The van der Waals surface area contributed by atoms with Crippen molar-refractivity contribution in [2.45, 2.75) is 13.2 Å². The highest BCUT2D eigenvalue weighted by Crippen LogP contribution is 2.08. The van der Waals surface area contributed by atoms with Crippen molar-refractivity contribution in [2.75, 3.05) is 30.9 Å². The number of aliphatic hydroxyl groups excluding tert-OH is 1. The molecule has 0 saturated carbocycles. The van der Waals surface area contributed by atoms with Gasteiger partial charge in [-0.05, 0) is 31.2 Å². The Labute approximate surface area is 126 Å². The van der Waals surface area contributed by atoms with Crippen molar-refractivity contribution in [2.24, 2.45) is 0 Å². The third-order valence-electron chi connectivity index (χ3n) is 2.81. The normalized spacial score (nSPS) is 9.81. The first-order valence-corrected chi connectivity index (χ1v) is 6.88. The first-order valence-electron chi connectivity index (χ1n) is 6.88. The van der Waals surface area contributed by atoms with Crippen molar-refractivity contribution in [3.8, 4) is 0 Å². The fourth-order valence-corrected chi connectivity index (χ4v) is 1.61. The molecule has 0 saturated heterocycles. The average Bonchev–Trinajstić information content (AvgIpc) is 2.48. The number of anilines is 2. The van der Waals surface area contributed by atoms with Gasteiger partial charge in [0.2, 0.25) is 0 Å². The van der Waals surface area contributed by atoms with E-state index in [-0.39, 0.29) is 6.54 Å². The van der Waals surface area contributed by atoms with Gasteiger partial charge < -0.3 is 20.4 Å². The zero-order chi connectivity index (χ0) is 15.7. The molecule has 0 aliphatic carbocycles. The number of nitrogens with one attached hydrogen (secondary N) is 1. The lowest BCUT2D eigenvalue weighted by atomic mass is 10.2.